The number of thiazole rings is 1. The summed E-state index contributed by atoms with van der Waals surface area (Å²) in [6.07, 6.45) is -0.585. The van der Waals surface area contributed by atoms with E-state index in [1.807, 2.05) is 35.6 Å². The monoisotopic (exact) mass is 385 g/mol. The van der Waals surface area contributed by atoms with Crippen molar-refractivity contribution in [3.05, 3.63) is 53.6 Å². The number of aliphatic hydroxyl groups excluding tert-OH is 1. The lowest BCUT2D eigenvalue weighted by Crippen LogP contribution is -2.20. The van der Waals surface area contributed by atoms with Gasteiger partial charge in [0.25, 0.3) is 0 Å². The second kappa shape index (κ2) is 7.26. The number of para-hydroxylation sites is 1. The van der Waals surface area contributed by atoms with Gasteiger partial charge in [-0.25, -0.2) is 0 Å². The van der Waals surface area contributed by atoms with Gasteiger partial charge in [-0.1, -0.05) is 52.9 Å². The topological polar surface area (TPSA) is 59.7 Å². The fourth-order valence-corrected chi connectivity index (χ4v) is 4.69. The quantitative estimate of drug-likeness (QED) is 0.507. The third-order valence-corrected chi connectivity index (χ3v) is 6.16. The summed E-state index contributed by atoms with van der Waals surface area (Å²) in [5.41, 5.74) is 3.37. The minimum Gasteiger partial charge on any atom is -0.491 e. The van der Waals surface area contributed by atoms with Crippen molar-refractivity contribution in [1.29, 1.82) is 0 Å². The molecule has 0 aliphatic carbocycles. The molecule has 0 fully saturated rings. The molecular weight excluding hydrogens is 366 g/mol. The molecule has 0 spiro atoms. The van der Waals surface area contributed by atoms with Crippen molar-refractivity contribution in [3.8, 4) is 5.75 Å². The Labute approximate surface area is 159 Å². The Hall–Kier alpha value is -2.09. The van der Waals surface area contributed by atoms with Crippen molar-refractivity contribution >= 4 is 38.3 Å². The average Bonchev–Trinajstić information content (AvgIpc) is 3.18. The standard InChI is InChI=1S/C19H19N3O2S2/c1-12-7-8-16(13(2)9-12)24-10-14(23)11-25-18-20-21-19-22(18)15-5-3-4-6-17(15)26-19/h3-9,14,23H,10-11H2,1-2H3. The molecule has 0 aliphatic rings. The number of rotatable bonds is 6. The molecule has 0 bridgehead atoms. The van der Waals surface area contributed by atoms with Crippen LogP contribution in [-0.4, -0.2) is 38.2 Å². The summed E-state index contributed by atoms with van der Waals surface area (Å²) in [7, 11) is 0. The molecule has 1 atom stereocenters. The normalized spacial score (nSPS) is 12.7. The van der Waals surface area contributed by atoms with Crippen LogP contribution in [0, 0.1) is 13.8 Å². The van der Waals surface area contributed by atoms with E-state index < -0.39 is 6.10 Å². The van der Waals surface area contributed by atoms with E-state index in [9.17, 15) is 5.11 Å². The highest BCUT2D eigenvalue weighted by Crippen LogP contribution is 2.29. The number of aliphatic hydroxyl groups is 1. The number of benzene rings is 2. The van der Waals surface area contributed by atoms with E-state index in [2.05, 4.69) is 35.3 Å². The van der Waals surface area contributed by atoms with E-state index in [-0.39, 0.29) is 6.61 Å². The van der Waals surface area contributed by atoms with Crippen LogP contribution in [0.4, 0.5) is 0 Å². The number of hydrogen-bond donors (Lipinski definition) is 1. The number of hydrogen-bond acceptors (Lipinski definition) is 6. The van der Waals surface area contributed by atoms with Crippen molar-refractivity contribution in [1.82, 2.24) is 14.6 Å². The zero-order chi connectivity index (χ0) is 18.1. The summed E-state index contributed by atoms with van der Waals surface area (Å²) in [4.78, 5) is 0.870. The van der Waals surface area contributed by atoms with Gasteiger partial charge in [-0.15, -0.1) is 10.2 Å². The van der Waals surface area contributed by atoms with Gasteiger partial charge in [-0.3, -0.25) is 4.40 Å². The summed E-state index contributed by atoms with van der Waals surface area (Å²) in [6, 6.07) is 14.2. The van der Waals surface area contributed by atoms with Gasteiger partial charge in [-0.2, -0.15) is 0 Å². The zero-order valence-corrected chi connectivity index (χ0v) is 16.2. The SMILES string of the molecule is Cc1ccc(OCC(O)CSc2nnc3sc4ccccc4n23)c(C)c1. The Morgan fingerprint density at radius 1 is 1.19 bits per heavy atom. The Kier molecular flexibility index (Phi) is 4.84. The van der Waals surface area contributed by atoms with Crippen LogP contribution < -0.4 is 4.74 Å². The molecule has 1 unspecified atom stereocenters. The predicted octanol–water partition coefficient (Wildman–Crippen LogP) is 4.09. The first kappa shape index (κ1) is 17.3. The van der Waals surface area contributed by atoms with Crippen LogP contribution in [0.3, 0.4) is 0 Å². The van der Waals surface area contributed by atoms with Crippen molar-refractivity contribution in [2.24, 2.45) is 0 Å². The molecule has 0 saturated heterocycles. The van der Waals surface area contributed by atoms with Crippen molar-refractivity contribution < 1.29 is 9.84 Å². The number of ether oxygens (including phenoxy) is 1. The van der Waals surface area contributed by atoms with Crippen molar-refractivity contribution in [2.75, 3.05) is 12.4 Å². The van der Waals surface area contributed by atoms with Crippen LogP contribution in [0.5, 0.6) is 5.75 Å². The highest BCUT2D eigenvalue weighted by atomic mass is 32.2. The van der Waals surface area contributed by atoms with Crippen LogP contribution >= 0.6 is 23.1 Å². The van der Waals surface area contributed by atoms with Crippen molar-refractivity contribution in [3.63, 3.8) is 0 Å². The molecule has 7 heteroatoms. The molecule has 0 amide bonds. The van der Waals surface area contributed by atoms with Gasteiger partial charge in [0, 0.05) is 5.75 Å². The van der Waals surface area contributed by atoms with Crippen LogP contribution in [0.15, 0.2) is 47.6 Å². The molecule has 4 rings (SSSR count). The van der Waals surface area contributed by atoms with E-state index in [4.69, 9.17) is 4.74 Å². The lowest BCUT2D eigenvalue weighted by Gasteiger charge is -2.13. The van der Waals surface area contributed by atoms with Crippen LogP contribution in [0.2, 0.25) is 0 Å². The van der Waals surface area contributed by atoms with E-state index >= 15 is 0 Å². The van der Waals surface area contributed by atoms with Gasteiger partial charge in [0.05, 0.1) is 16.3 Å². The Bertz CT molecular complexity index is 1060. The smallest absolute Gasteiger partial charge is 0.217 e. The second-order valence-corrected chi connectivity index (χ2v) is 8.21. The second-order valence-electron chi connectivity index (χ2n) is 6.22. The van der Waals surface area contributed by atoms with Gasteiger partial charge in [0.1, 0.15) is 12.4 Å². The molecular formula is C19H19N3O2S2. The minimum absolute atomic E-state index is 0.253. The molecule has 4 aromatic rings. The van der Waals surface area contributed by atoms with Crippen LogP contribution in [0.1, 0.15) is 11.1 Å². The lowest BCUT2D eigenvalue weighted by atomic mass is 10.1. The Morgan fingerprint density at radius 3 is 2.88 bits per heavy atom. The summed E-state index contributed by atoms with van der Waals surface area (Å²) < 4.78 is 8.98. The van der Waals surface area contributed by atoms with Gasteiger partial charge in [0.15, 0.2) is 5.16 Å². The van der Waals surface area contributed by atoms with E-state index in [1.165, 1.54) is 22.0 Å². The molecule has 5 nitrogen and oxygen atoms in total. The molecule has 0 radical (unpaired) electrons. The van der Waals surface area contributed by atoms with Crippen molar-refractivity contribution in [2.45, 2.75) is 25.1 Å². The van der Waals surface area contributed by atoms with Gasteiger partial charge < -0.3 is 9.84 Å². The first-order chi connectivity index (χ1) is 12.6. The van der Waals surface area contributed by atoms with Crippen LogP contribution in [-0.2, 0) is 0 Å². The summed E-state index contributed by atoms with van der Waals surface area (Å²) in [5.74, 6) is 1.31. The third kappa shape index (κ3) is 3.42. The molecule has 2 aromatic carbocycles. The van der Waals surface area contributed by atoms with E-state index in [0.717, 1.165) is 26.9 Å². The maximum Gasteiger partial charge on any atom is 0.217 e. The van der Waals surface area contributed by atoms with Gasteiger partial charge in [0.2, 0.25) is 4.96 Å². The summed E-state index contributed by atoms with van der Waals surface area (Å²) >= 11 is 3.11. The Balaban J connectivity index is 1.41. The fraction of sp³-hybridized carbons (Fsp3) is 0.263. The summed E-state index contributed by atoms with van der Waals surface area (Å²) in [5, 5.41) is 19.6. The van der Waals surface area contributed by atoms with Gasteiger partial charge >= 0.3 is 0 Å². The predicted molar refractivity (Wildman–Crippen MR) is 107 cm³/mol. The highest BCUT2D eigenvalue weighted by molar-refractivity contribution is 7.99. The maximum absolute atomic E-state index is 10.3. The highest BCUT2D eigenvalue weighted by Gasteiger charge is 2.15. The first-order valence-electron chi connectivity index (χ1n) is 8.35. The number of nitrogens with zero attached hydrogens (tertiary/aromatic N) is 3. The number of aryl methyl sites for hydroxylation is 2. The zero-order valence-electron chi connectivity index (χ0n) is 14.5. The van der Waals surface area contributed by atoms with Crippen LogP contribution in [0.25, 0.3) is 15.2 Å². The van der Waals surface area contributed by atoms with Gasteiger partial charge in [-0.05, 0) is 37.6 Å². The minimum atomic E-state index is -0.585. The third-order valence-electron chi connectivity index (χ3n) is 4.08. The maximum atomic E-state index is 10.3. The molecule has 2 heterocycles. The first-order valence-corrected chi connectivity index (χ1v) is 10.2. The molecule has 0 aliphatic heterocycles. The molecule has 2 aromatic heterocycles. The Morgan fingerprint density at radius 2 is 2.04 bits per heavy atom. The number of fused-ring (bicyclic) bond motifs is 3. The number of thioether (sulfide) groups is 1. The average molecular weight is 386 g/mol. The van der Waals surface area contributed by atoms with E-state index in [1.54, 1.807) is 11.3 Å². The molecule has 26 heavy (non-hydrogen) atoms. The molecule has 1 N–H and O–H groups in total. The fourth-order valence-electron chi connectivity index (χ4n) is 2.82. The number of aromatic nitrogens is 3. The largest absolute Gasteiger partial charge is 0.491 e. The molecule has 134 valence electrons. The lowest BCUT2D eigenvalue weighted by molar-refractivity contribution is 0.126. The molecule has 0 saturated carbocycles. The summed E-state index contributed by atoms with van der Waals surface area (Å²) in [6.45, 7) is 4.32. The van der Waals surface area contributed by atoms with E-state index in [0.29, 0.717) is 5.75 Å².